The van der Waals surface area contributed by atoms with E-state index < -0.39 is 5.97 Å². The lowest BCUT2D eigenvalue weighted by molar-refractivity contribution is -0.138. The van der Waals surface area contributed by atoms with Crippen molar-refractivity contribution in [2.24, 2.45) is 17.6 Å². The summed E-state index contributed by atoms with van der Waals surface area (Å²) in [7, 11) is 0. The summed E-state index contributed by atoms with van der Waals surface area (Å²) in [6.45, 7) is 0. The smallest absolute Gasteiger partial charge is 0.303 e. The quantitative estimate of drug-likeness (QED) is 0.643. The van der Waals surface area contributed by atoms with Crippen LogP contribution in [-0.2, 0) is 9.59 Å². The molecule has 1 saturated carbocycles. The van der Waals surface area contributed by atoms with Crippen molar-refractivity contribution in [1.82, 2.24) is 0 Å². The molecule has 0 unspecified atom stereocenters. The van der Waals surface area contributed by atoms with Gasteiger partial charge in [0.2, 0.25) is 5.91 Å². The number of hydrogen-bond acceptors (Lipinski definition) is 2. The van der Waals surface area contributed by atoms with Gasteiger partial charge in [0, 0.05) is 12.3 Å². The third-order valence-corrected chi connectivity index (χ3v) is 2.46. The predicted octanol–water partition coefficient (Wildman–Crippen LogP) is 0.363. The molecule has 0 spiro atoms. The Morgan fingerprint density at radius 3 is 2.58 bits per heavy atom. The maximum atomic E-state index is 10.8. The topological polar surface area (TPSA) is 80.4 Å². The molecule has 3 N–H and O–H groups in total. The second-order valence-corrected chi connectivity index (χ2v) is 3.30. The molecule has 2 atom stereocenters. The van der Waals surface area contributed by atoms with Crippen LogP contribution in [0.4, 0.5) is 0 Å². The maximum Gasteiger partial charge on any atom is 0.303 e. The van der Waals surface area contributed by atoms with E-state index >= 15 is 0 Å². The average Bonchev–Trinajstić information content (AvgIpc) is 2.33. The minimum Gasteiger partial charge on any atom is -0.481 e. The first-order valence-electron chi connectivity index (χ1n) is 4.12. The van der Waals surface area contributed by atoms with Crippen molar-refractivity contribution in [1.29, 1.82) is 0 Å². The highest BCUT2D eigenvalue weighted by Gasteiger charge is 2.32. The largest absolute Gasteiger partial charge is 0.481 e. The van der Waals surface area contributed by atoms with Crippen molar-refractivity contribution >= 4 is 11.9 Å². The summed E-state index contributed by atoms with van der Waals surface area (Å²) in [5.74, 6) is -1.42. The van der Waals surface area contributed by atoms with Gasteiger partial charge in [0.15, 0.2) is 0 Å². The Hall–Kier alpha value is -1.06. The lowest BCUT2D eigenvalue weighted by atomic mass is 9.92. The Morgan fingerprint density at radius 2 is 2.08 bits per heavy atom. The number of carboxylic acid groups (broad SMARTS) is 1. The van der Waals surface area contributed by atoms with E-state index in [4.69, 9.17) is 10.8 Å². The third kappa shape index (κ3) is 1.96. The number of carboxylic acids is 1. The number of amides is 1. The molecule has 4 nitrogen and oxygen atoms in total. The fourth-order valence-corrected chi connectivity index (χ4v) is 1.88. The Morgan fingerprint density at radius 1 is 1.42 bits per heavy atom. The first-order chi connectivity index (χ1) is 5.61. The highest BCUT2D eigenvalue weighted by atomic mass is 16.4. The highest BCUT2D eigenvalue weighted by Crippen LogP contribution is 2.33. The fourth-order valence-electron chi connectivity index (χ4n) is 1.88. The number of hydrogen-bond donors (Lipinski definition) is 2. The normalized spacial score (nSPS) is 28.7. The molecule has 1 rings (SSSR count). The van der Waals surface area contributed by atoms with Gasteiger partial charge in [0.25, 0.3) is 0 Å². The minimum absolute atomic E-state index is 0.0278. The zero-order chi connectivity index (χ0) is 9.14. The molecule has 0 saturated heterocycles. The number of carbonyl (C=O) groups excluding carboxylic acids is 1. The monoisotopic (exact) mass is 171 g/mol. The van der Waals surface area contributed by atoms with E-state index in [0.29, 0.717) is 0 Å². The fraction of sp³-hybridized carbons (Fsp3) is 0.750. The summed E-state index contributed by atoms with van der Waals surface area (Å²) >= 11 is 0. The average molecular weight is 171 g/mol. The molecule has 0 aromatic rings. The van der Waals surface area contributed by atoms with Crippen LogP contribution < -0.4 is 5.73 Å². The van der Waals surface area contributed by atoms with Gasteiger partial charge >= 0.3 is 5.97 Å². The number of primary amides is 1. The van der Waals surface area contributed by atoms with Crippen LogP contribution in [0, 0.1) is 11.8 Å². The van der Waals surface area contributed by atoms with Crippen LogP contribution in [0.25, 0.3) is 0 Å². The second-order valence-electron chi connectivity index (χ2n) is 3.30. The number of rotatable bonds is 3. The first-order valence-corrected chi connectivity index (χ1v) is 4.12. The molecule has 1 aliphatic rings. The molecule has 1 fully saturated rings. The summed E-state index contributed by atoms with van der Waals surface area (Å²) in [6.07, 6.45) is 2.58. The molecule has 0 aromatic carbocycles. The van der Waals surface area contributed by atoms with E-state index in [1.165, 1.54) is 0 Å². The van der Waals surface area contributed by atoms with Crippen molar-refractivity contribution in [3.63, 3.8) is 0 Å². The molecule has 0 heterocycles. The van der Waals surface area contributed by atoms with Crippen molar-refractivity contribution in [3.8, 4) is 0 Å². The summed E-state index contributed by atoms with van der Waals surface area (Å²) in [6, 6.07) is 0. The van der Waals surface area contributed by atoms with E-state index in [2.05, 4.69) is 0 Å². The van der Waals surface area contributed by atoms with Crippen molar-refractivity contribution < 1.29 is 14.7 Å². The minimum atomic E-state index is -0.840. The second kappa shape index (κ2) is 3.56. The molecule has 0 aromatic heterocycles. The van der Waals surface area contributed by atoms with E-state index in [-0.39, 0.29) is 24.2 Å². The standard InChI is InChI=1S/C8H13NO3/c9-8(12)6-3-1-2-5(6)4-7(10)11/h5-6H,1-4H2,(H2,9,12)(H,10,11)/t5-,6+/m0/s1. The Kier molecular flexibility index (Phi) is 2.68. The Balaban J connectivity index is 2.52. The molecule has 12 heavy (non-hydrogen) atoms. The molecule has 1 amide bonds. The van der Waals surface area contributed by atoms with E-state index in [1.807, 2.05) is 0 Å². The molecule has 1 aliphatic carbocycles. The molecule has 0 bridgehead atoms. The van der Waals surface area contributed by atoms with Crippen LogP contribution in [0.2, 0.25) is 0 Å². The van der Waals surface area contributed by atoms with E-state index in [0.717, 1.165) is 19.3 Å². The van der Waals surface area contributed by atoms with Gasteiger partial charge in [-0.05, 0) is 18.8 Å². The molecule has 0 radical (unpaired) electrons. The van der Waals surface area contributed by atoms with Gasteiger partial charge in [0.05, 0.1) is 0 Å². The van der Waals surface area contributed by atoms with Gasteiger partial charge in [-0.1, -0.05) is 6.42 Å². The zero-order valence-corrected chi connectivity index (χ0v) is 6.82. The van der Waals surface area contributed by atoms with Gasteiger partial charge in [0.1, 0.15) is 0 Å². The maximum absolute atomic E-state index is 10.8. The number of aliphatic carboxylic acids is 1. The van der Waals surface area contributed by atoms with E-state index in [1.54, 1.807) is 0 Å². The summed E-state index contributed by atoms with van der Waals surface area (Å²) in [5, 5.41) is 8.52. The van der Waals surface area contributed by atoms with Gasteiger partial charge in [-0.15, -0.1) is 0 Å². The summed E-state index contributed by atoms with van der Waals surface area (Å²) in [5.41, 5.74) is 5.13. The predicted molar refractivity (Wildman–Crippen MR) is 42.3 cm³/mol. The Bertz CT molecular complexity index is 202. The molecule has 0 aliphatic heterocycles. The zero-order valence-electron chi connectivity index (χ0n) is 6.82. The highest BCUT2D eigenvalue weighted by molar-refractivity contribution is 5.78. The van der Waals surface area contributed by atoms with Crippen LogP contribution >= 0.6 is 0 Å². The van der Waals surface area contributed by atoms with Crippen LogP contribution in [0.5, 0.6) is 0 Å². The Labute approximate surface area is 70.7 Å². The van der Waals surface area contributed by atoms with Crippen LogP contribution in [0.1, 0.15) is 25.7 Å². The van der Waals surface area contributed by atoms with Gasteiger partial charge in [-0.2, -0.15) is 0 Å². The number of nitrogens with two attached hydrogens (primary N) is 1. The first kappa shape index (κ1) is 9.03. The molecule has 4 heteroatoms. The van der Waals surface area contributed by atoms with Gasteiger partial charge in [-0.25, -0.2) is 0 Å². The van der Waals surface area contributed by atoms with Crippen molar-refractivity contribution in [3.05, 3.63) is 0 Å². The lowest BCUT2D eigenvalue weighted by Crippen LogP contribution is -2.27. The van der Waals surface area contributed by atoms with Gasteiger partial charge < -0.3 is 10.8 Å². The summed E-state index contributed by atoms with van der Waals surface area (Å²) < 4.78 is 0. The molecular formula is C8H13NO3. The molecular weight excluding hydrogens is 158 g/mol. The van der Waals surface area contributed by atoms with E-state index in [9.17, 15) is 9.59 Å². The van der Waals surface area contributed by atoms with Gasteiger partial charge in [-0.3, -0.25) is 9.59 Å². The number of carbonyl (C=O) groups is 2. The third-order valence-electron chi connectivity index (χ3n) is 2.46. The lowest BCUT2D eigenvalue weighted by Gasteiger charge is -2.13. The van der Waals surface area contributed by atoms with Crippen molar-refractivity contribution in [2.45, 2.75) is 25.7 Å². The van der Waals surface area contributed by atoms with Crippen LogP contribution in [0.15, 0.2) is 0 Å². The summed E-state index contributed by atoms with van der Waals surface area (Å²) in [4.78, 5) is 21.2. The van der Waals surface area contributed by atoms with Crippen LogP contribution in [-0.4, -0.2) is 17.0 Å². The van der Waals surface area contributed by atoms with Crippen molar-refractivity contribution in [2.75, 3.05) is 0 Å². The SMILES string of the molecule is NC(=O)[C@@H]1CCC[C@H]1CC(=O)O. The molecule has 68 valence electrons. The van der Waals surface area contributed by atoms with Crippen LogP contribution in [0.3, 0.4) is 0 Å².